The number of carbonyl (C=O) groups excluding carboxylic acids is 1. The van der Waals surface area contributed by atoms with Crippen LogP contribution in [0.1, 0.15) is 51.0 Å². The smallest absolute Gasteiger partial charge is 0.410 e. The Bertz CT molecular complexity index is 748. The van der Waals surface area contributed by atoms with Gasteiger partial charge in [-0.1, -0.05) is 29.4 Å². The fourth-order valence-electron chi connectivity index (χ4n) is 3.01. The summed E-state index contributed by atoms with van der Waals surface area (Å²) in [6.45, 7) is 8.89. The number of hydrogen-bond donors (Lipinski definition) is 0. The molecule has 1 atom stereocenters. The molecule has 0 bridgehead atoms. The van der Waals surface area contributed by atoms with Gasteiger partial charge in [0.05, 0.1) is 5.92 Å². The maximum atomic E-state index is 12.3. The van der Waals surface area contributed by atoms with Gasteiger partial charge in [0.25, 0.3) is 0 Å². The highest BCUT2D eigenvalue weighted by molar-refractivity contribution is 5.68. The van der Waals surface area contributed by atoms with Crippen molar-refractivity contribution in [2.24, 2.45) is 0 Å². The van der Waals surface area contributed by atoms with Crippen LogP contribution in [0.3, 0.4) is 0 Å². The van der Waals surface area contributed by atoms with Crippen LogP contribution in [0.4, 0.5) is 4.79 Å². The van der Waals surface area contributed by atoms with Crippen molar-refractivity contribution < 1.29 is 14.1 Å². The number of carbonyl (C=O) groups is 1. The van der Waals surface area contributed by atoms with E-state index in [0.717, 1.165) is 24.0 Å². The lowest BCUT2D eigenvalue weighted by Crippen LogP contribution is -2.42. The molecule has 1 aromatic heterocycles. The molecule has 6 heteroatoms. The van der Waals surface area contributed by atoms with Gasteiger partial charge in [0.1, 0.15) is 5.60 Å². The standard InChI is InChI=1S/C19H25N3O3/c1-13-8-5-6-10-15(13)16-20-17(25-21-16)14-9-7-11-22(12-14)18(23)24-19(2,3)4/h5-6,8,10,14H,7,9,11-12H2,1-4H3. The van der Waals surface area contributed by atoms with Gasteiger partial charge in [0.15, 0.2) is 0 Å². The third-order valence-corrected chi connectivity index (χ3v) is 4.25. The molecule has 25 heavy (non-hydrogen) atoms. The van der Waals surface area contributed by atoms with Gasteiger partial charge in [-0.15, -0.1) is 0 Å². The molecule has 134 valence electrons. The number of hydrogen-bond acceptors (Lipinski definition) is 5. The number of rotatable bonds is 2. The second-order valence-corrected chi connectivity index (χ2v) is 7.54. The lowest BCUT2D eigenvalue weighted by Gasteiger charge is -2.32. The molecular formula is C19H25N3O3. The number of aryl methyl sites for hydroxylation is 1. The van der Waals surface area contributed by atoms with Crippen LogP contribution in [-0.2, 0) is 4.74 Å². The van der Waals surface area contributed by atoms with Gasteiger partial charge in [0, 0.05) is 18.7 Å². The first kappa shape index (κ1) is 17.5. The molecule has 1 saturated heterocycles. The summed E-state index contributed by atoms with van der Waals surface area (Å²) in [5, 5.41) is 4.13. The molecule has 2 aromatic rings. The van der Waals surface area contributed by atoms with Crippen molar-refractivity contribution in [1.82, 2.24) is 15.0 Å². The number of aromatic nitrogens is 2. The lowest BCUT2D eigenvalue weighted by molar-refractivity contribution is 0.0189. The summed E-state index contributed by atoms with van der Waals surface area (Å²) in [5.74, 6) is 1.24. The topological polar surface area (TPSA) is 68.5 Å². The average Bonchev–Trinajstić information content (AvgIpc) is 3.03. The molecule has 6 nitrogen and oxygen atoms in total. The van der Waals surface area contributed by atoms with E-state index in [-0.39, 0.29) is 12.0 Å². The van der Waals surface area contributed by atoms with E-state index in [2.05, 4.69) is 10.1 Å². The molecule has 1 aliphatic heterocycles. The Morgan fingerprint density at radius 1 is 1.32 bits per heavy atom. The number of amides is 1. The summed E-state index contributed by atoms with van der Waals surface area (Å²) < 4.78 is 11.0. The summed E-state index contributed by atoms with van der Waals surface area (Å²) in [5.41, 5.74) is 1.58. The van der Waals surface area contributed by atoms with Gasteiger partial charge in [-0.3, -0.25) is 0 Å². The molecule has 1 aromatic carbocycles. The largest absolute Gasteiger partial charge is 0.444 e. The van der Waals surface area contributed by atoms with Crippen molar-refractivity contribution in [2.45, 2.75) is 52.1 Å². The molecule has 0 spiro atoms. The van der Waals surface area contributed by atoms with E-state index in [4.69, 9.17) is 9.26 Å². The van der Waals surface area contributed by atoms with E-state index in [9.17, 15) is 4.79 Å². The second kappa shape index (κ2) is 6.86. The van der Waals surface area contributed by atoms with Crippen LogP contribution in [0.25, 0.3) is 11.4 Å². The van der Waals surface area contributed by atoms with Crippen LogP contribution < -0.4 is 0 Å². The highest BCUT2D eigenvalue weighted by Crippen LogP contribution is 2.29. The molecule has 0 aliphatic carbocycles. The number of benzene rings is 1. The molecule has 1 unspecified atom stereocenters. The molecule has 3 rings (SSSR count). The van der Waals surface area contributed by atoms with Crippen molar-refractivity contribution in [2.75, 3.05) is 13.1 Å². The van der Waals surface area contributed by atoms with E-state index in [1.54, 1.807) is 4.90 Å². The summed E-state index contributed by atoms with van der Waals surface area (Å²) in [7, 11) is 0. The number of nitrogens with zero attached hydrogens (tertiary/aromatic N) is 3. The summed E-state index contributed by atoms with van der Waals surface area (Å²) in [6, 6.07) is 7.96. The molecule has 0 saturated carbocycles. The Labute approximate surface area is 148 Å². The molecule has 1 aliphatic rings. The van der Waals surface area contributed by atoms with Crippen LogP contribution in [0.15, 0.2) is 28.8 Å². The van der Waals surface area contributed by atoms with Gasteiger partial charge in [0.2, 0.25) is 11.7 Å². The molecule has 1 amide bonds. The average molecular weight is 343 g/mol. The minimum Gasteiger partial charge on any atom is -0.444 e. The minimum absolute atomic E-state index is 0.0477. The van der Waals surface area contributed by atoms with Crippen LogP contribution in [0, 0.1) is 6.92 Å². The van der Waals surface area contributed by atoms with E-state index in [0.29, 0.717) is 24.8 Å². The summed E-state index contributed by atoms with van der Waals surface area (Å²) in [6.07, 6.45) is 1.54. The zero-order chi connectivity index (χ0) is 18.0. The van der Waals surface area contributed by atoms with Crippen molar-refractivity contribution >= 4 is 6.09 Å². The fraction of sp³-hybridized carbons (Fsp3) is 0.526. The zero-order valence-electron chi connectivity index (χ0n) is 15.3. The van der Waals surface area contributed by atoms with E-state index in [1.807, 2.05) is 52.0 Å². The van der Waals surface area contributed by atoms with Crippen molar-refractivity contribution in [3.8, 4) is 11.4 Å². The fourth-order valence-corrected chi connectivity index (χ4v) is 3.01. The van der Waals surface area contributed by atoms with Gasteiger partial charge >= 0.3 is 6.09 Å². The van der Waals surface area contributed by atoms with Crippen molar-refractivity contribution in [3.63, 3.8) is 0 Å². The van der Waals surface area contributed by atoms with Gasteiger partial charge in [-0.2, -0.15) is 4.98 Å². The first-order valence-electron chi connectivity index (χ1n) is 8.71. The normalized spacial score (nSPS) is 18.2. The maximum Gasteiger partial charge on any atom is 0.410 e. The van der Waals surface area contributed by atoms with Crippen molar-refractivity contribution in [1.29, 1.82) is 0 Å². The van der Waals surface area contributed by atoms with Gasteiger partial charge in [-0.05, 0) is 46.1 Å². The van der Waals surface area contributed by atoms with E-state index >= 15 is 0 Å². The Kier molecular flexibility index (Phi) is 4.79. The Hall–Kier alpha value is -2.37. The van der Waals surface area contributed by atoms with Gasteiger partial charge < -0.3 is 14.2 Å². The first-order chi connectivity index (χ1) is 11.8. The number of likely N-dealkylation sites (tertiary alicyclic amines) is 1. The number of piperidine rings is 1. The molecule has 1 fully saturated rings. The second-order valence-electron chi connectivity index (χ2n) is 7.54. The predicted octanol–water partition coefficient (Wildman–Crippen LogP) is 4.16. The predicted molar refractivity (Wildman–Crippen MR) is 94.3 cm³/mol. The minimum atomic E-state index is -0.494. The van der Waals surface area contributed by atoms with Gasteiger partial charge in [-0.25, -0.2) is 4.79 Å². The monoisotopic (exact) mass is 343 g/mol. The summed E-state index contributed by atoms with van der Waals surface area (Å²) >= 11 is 0. The third-order valence-electron chi connectivity index (χ3n) is 4.25. The van der Waals surface area contributed by atoms with E-state index in [1.165, 1.54) is 0 Å². The number of ether oxygens (including phenoxy) is 1. The SMILES string of the molecule is Cc1ccccc1-c1noc(C2CCCN(C(=O)OC(C)(C)C)C2)n1. The molecule has 0 N–H and O–H groups in total. The highest BCUT2D eigenvalue weighted by atomic mass is 16.6. The van der Waals surface area contributed by atoms with Crippen LogP contribution >= 0.6 is 0 Å². The van der Waals surface area contributed by atoms with E-state index < -0.39 is 5.60 Å². The lowest BCUT2D eigenvalue weighted by atomic mass is 9.98. The first-order valence-corrected chi connectivity index (χ1v) is 8.71. The quantitative estimate of drug-likeness (QED) is 0.819. The highest BCUT2D eigenvalue weighted by Gasteiger charge is 2.31. The van der Waals surface area contributed by atoms with Crippen LogP contribution in [0.2, 0.25) is 0 Å². The van der Waals surface area contributed by atoms with Crippen LogP contribution in [0.5, 0.6) is 0 Å². The van der Waals surface area contributed by atoms with Crippen LogP contribution in [-0.4, -0.2) is 39.8 Å². The maximum absolute atomic E-state index is 12.3. The van der Waals surface area contributed by atoms with Crippen molar-refractivity contribution in [3.05, 3.63) is 35.7 Å². The third kappa shape index (κ3) is 4.18. The Morgan fingerprint density at radius 3 is 2.80 bits per heavy atom. The molecule has 0 radical (unpaired) electrons. The molecule has 2 heterocycles. The molecular weight excluding hydrogens is 318 g/mol. The summed E-state index contributed by atoms with van der Waals surface area (Å²) in [4.78, 5) is 18.6. The Morgan fingerprint density at radius 2 is 2.08 bits per heavy atom. The zero-order valence-corrected chi connectivity index (χ0v) is 15.3. The Balaban J connectivity index is 1.72.